The van der Waals surface area contributed by atoms with Crippen molar-refractivity contribution in [1.29, 1.82) is 0 Å². The van der Waals surface area contributed by atoms with E-state index in [-0.39, 0.29) is 0 Å². The summed E-state index contributed by atoms with van der Waals surface area (Å²) in [5.74, 6) is 0.858. The fraction of sp³-hybridized carbons (Fsp3) is 0.385. The number of nitrogens with one attached hydrogen (secondary N) is 1. The van der Waals surface area contributed by atoms with Crippen LogP contribution in [-0.4, -0.2) is 30.0 Å². The average Bonchev–Trinajstić information content (AvgIpc) is 2.88. The molecule has 0 aliphatic heterocycles. The van der Waals surface area contributed by atoms with E-state index in [9.17, 15) is 0 Å². The summed E-state index contributed by atoms with van der Waals surface area (Å²) in [4.78, 5) is 0. The molecule has 1 N–H and O–H groups in total. The lowest BCUT2D eigenvalue weighted by atomic mass is 10.3. The van der Waals surface area contributed by atoms with E-state index in [0.29, 0.717) is 19.8 Å². The first-order chi connectivity index (χ1) is 9.38. The normalized spacial score (nSPS) is 10.4. The van der Waals surface area contributed by atoms with Crippen LogP contribution in [0.15, 0.2) is 30.3 Å². The van der Waals surface area contributed by atoms with E-state index in [1.54, 1.807) is 0 Å². The van der Waals surface area contributed by atoms with Crippen LogP contribution >= 0.6 is 11.3 Å². The van der Waals surface area contributed by atoms with Crippen LogP contribution in [0.5, 0.6) is 5.75 Å². The fourth-order valence-corrected chi connectivity index (χ4v) is 2.17. The predicted molar refractivity (Wildman–Crippen MR) is 75.7 cm³/mol. The molecule has 1 aromatic heterocycles. The Morgan fingerprint density at radius 2 is 2.00 bits per heavy atom. The lowest BCUT2D eigenvalue weighted by Crippen LogP contribution is -2.06. The Hall–Kier alpha value is -1.66. The Morgan fingerprint density at radius 3 is 2.79 bits per heavy atom. The Balaban J connectivity index is 1.61. The van der Waals surface area contributed by atoms with Gasteiger partial charge in [0.2, 0.25) is 5.13 Å². The summed E-state index contributed by atoms with van der Waals surface area (Å²) in [5.41, 5.74) is 0. The first kappa shape index (κ1) is 13.8. The molecule has 0 aliphatic rings. The largest absolute Gasteiger partial charge is 0.491 e. The van der Waals surface area contributed by atoms with Gasteiger partial charge in [-0.15, -0.1) is 10.2 Å². The van der Waals surface area contributed by atoms with Gasteiger partial charge < -0.3 is 14.8 Å². The van der Waals surface area contributed by atoms with Gasteiger partial charge in [0, 0.05) is 6.54 Å². The second-order valence-corrected chi connectivity index (χ2v) is 4.81. The average molecular weight is 279 g/mol. The van der Waals surface area contributed by atoms with Crippen molar-refractivity contribution in [3.8, 4) is 5.75 Å². The molecule has 0 aliphatic carbocycles. The zero-order chi connectivity index (χ0) is 13.3. The number of ether oxygens (including phenoxy) is 2. The van der Waals surface area contributed by atoms with Crippen LogP contribution in [0.25, 0.3) is 0 Å². The standard InChI is InChI=1S/C13H17N3O2S/c1-2-14-13-16-15-12(19-13)10-17-8-9-18-11-6-4-3-5-7-11/h3-7H,2,8-10H2,1H3,(H,14,16). The lowest BCUT2D eigenvalue weighted by molar-refractivity contribution is 0.0885. The van der Waals surface area contributed by atoms with Gasteiger partial charge in [0.05, 0.1) is 6.61 Å². The summed E-state index contributed by atoms with van der Waals surface area (Å²) >= 11 is 1.51. The van der Waals surface area contributed by atoms with Gasteiger partial charge in [-0.3, -0.25) is 0 Å². The van der Waals surface area contributed by atoms with Crippen molar-refractivity contribution in [2.75, 3.05) is 25.1 Å². The highest BCUT2D eigenvalue weighted by molar-refractivity contribution is 7.15. The molecule has 0 saturated carbocycles. The van der Waals surface area contributed by atoms with Gasteiger partial charge in [0.25, 0.3) is 0 Å². The van der Waals surface area contributed by atoms with E-state index < -0.39 is 0 Å². The highest BCUT2D eigenvalue weighted by atomic mass is 32.1. The Labute approximate surface area is 116 Å². The highest BCUT2D eigenvalue weighted by Gasteiger charge is 2.02. The molecule has 6 heteroatoms. The van der Waals surface area contributed by atoms with Crippen LogP contribution in [0, 0.1) is 0 Å². The third-order valence-corrected chi connectivity index (χ3v) is 3.11. The second kappa shape index (κ2) is 7.70. The molecule has 2 rings (SSSR count). The van der Waals surface area contributed by atoms with Crippen molar-refractivity contribution in [2.45, 2.75) is 13.5 Å². The number of benzene rings is 1. The molecule has 0 bridgehead atoms. The molecule has 2 aromatic rings. The summed E-state index contributed by atoms with van der Waals surface area (Å²) in [7, 11) is 0. The minimum atomic E-state index is 0.473. The van der Waals surface area contributed by atoms with E-state index in [1.807, 2.05) is 37.3 Å². The SMILES string of the molecule is CCNc1nnc(COCCOc2ccccc2)s1. The van der Waals surface area contributed by atoms with Gasteiger partial charge in [-0.25, -0.2) is 0 Å². The molecule has 0 radical (unpaired) electrons. The summed E-state index contributed by atoms with van der Waals surface area (Å²) in [5, 5.41) is 12.9. The number of rotatable bonds is 8. The fourth-order valence-electron chi connectivity index (χ4n) is 1.43. The Morgan fingerprint density at radius 1 is 1.16 bits per heavy atom. The third kappa shape index (κ3) is 4.84. The molecule has 5 nitrogen and oxygen atoms in total. The van der Waals surface area contributed by atoms with Crippen LogP contribution in [0.2, 0.25) is 0 Å². The van der Waals surface area contributed by atoms with Crippen LogP contribution in [-0.2, 0) is 11.3 Å². The van der Waals surface area contributed by atoms with Crippen molar-refractivity contribution in [3.63, 3.8) is 0 Å². The third-order valence-electron chi connectivity index (χ3n) is 2.26. The molecule has 1 aromatic carbocycles. The van der Waals surface area contributed by atoms with Crippen molar-refractivity contribution in [3.05, 3.63) is 35.3 Å². The van der Waals surface area contributed by atoms with Crippen molar-refractivity contribution >= 4 is 16.5 Å². The van der Waals surface area contributed by atoms with Crippen LogP contribution in [0.4, 0.5) is 5.13 Å². The minimum absolute atomic E-state index is 0.473. The molecule has 0 unspecified atom stereocenters. The minimum Gasteiger partial charge on any atom is -0.491 e. The second-order valence-electron chi connectivity index (χ2n) is 3.75. The number of para-hydroxylation sites is 1. The first-order valence-electron chi connectivity index (χ1n) is 6.20. The topological polar surface area (TPSA) is 56.3 Å². The number of aromatic nitrogens is 2. The summed E-state index contributed by atoms with van der Waals surface area (Å²) < 4.78 is 11.0. The summed E-state index contributed by atoms with van der Waals surface area (Å²) in [6.45, 7) is 4.41. The van der Waals surface area contributed by atoms with E-state index in [2.05, 4.69) is 15.5 Å². The molecule has 0 fully saturated rings. The van der Waals surface area contributed by atoms with Crippen LogP contribution < -0.4 is 10.1 Å². The van der Waals surface area contributed by atoms with E-state index in [0.717, 1.165) is 22.4 Å². The number of hydrogen-bond acceptors (Lipinski definition) is 6. The Bertz CT molecular complexity index is 476. The molecule has 0 spiro atoms. The smallest absolute Gasteiger partial charge is 0.205 e. The predicted octanol–water partition coefficient (Wildman–Crippen LogP) is 2.57. The van der Waals surface area contributed by atoms with Crippen molar-refractivity contribution in [1.82, 2.24) is 10.2 Å². The van der Waals surface area contributed by atoms with Crippen molar-refractivity contribution < 1.29 is 9.47 Å². The highest BCUT2D eigenvalue weighted by Crippen LogP contribution is 2.15. The zero-order valence-electron chi connectivity index (χ0n) is 10.8. The van der Waals surface area contributed by atoms with E-state index in [4.69, 9.17) is 9.47 Å². The molecule has 1 heterocycles. The van der Waals surface area contributed by atoms with Gasteiger partial charge in [-0.05, 0) is 19.1 Å². The van der Waals surface area contributed by atoms with Gasteiger partial charge in [0.15, 0.2) is 0 Å². The molecule has 0 saturated heterocycles. The maximum absolute atomic E-state index is 5.52. The Kier molecular flexibility index (Phi) is 5.58. The maximum Gasteiger partial charge on any atom is 0.205 e. The van der Waals surface area contributed by atoms with Gasteiger partial charge in [-0.2, -0.15) is 0 Å². The van der Waals surface area contributed by atoms with Gasteiger partial charge >= 0.3 is 0 Å². The molecular formula is C13H17N3O2S. The molecule has 102 valence electrons. The molecule has 19 heavy (non-hydrogen) atoms. The van der Waals surface area contributed by atoms with Crippen LogP contribution in [0.3, 0.4) is 0 Å². The molecule has 0 atom stereocenters. The van der Waals surface area contributed by atoms with Crippen molar-refractivity contribution in [2.24, 2.45) is 0 Å². The quantitative estimate of drug-likeness (QED) is 0.753. The van der Waals surface area contributed by atoms with Crippen LogP contribution in [0.1, 0.15) is 11.9 Å². The summed E-state index contributed by atoms with van der Waals surface area (Å²) in [6.07, 6.45) is 0. The zero-order valence-corrected chi connectivity index (χ0v) is 11.7. The monoisotopic (exact) mass is 279 g/mol. The van der Waals surface area contributed by atoms with Gasteiger partial charge in [-0.1, -0.05) is 29.5 Å². The molecule has 0 amide bonds. The number of anilines is 1. The lowest BCUT2D eigenvalue weighted by Gasteiger charge is -2.05. The number of nitrogens with zero attached hydrogens (tertiary/aromatic N) is 2. The summed E-state index contributed by atoms with van der Waals surface area (Å²) in [6, 6.07) is 9.70. The van der Waals surface area contributed by atoms with E-state index >= 15 is 0 Å². The maximum atomic E-state index is 5.52. The number of hydrogen-bond donors (Lipinski definition) is 1. The van der Waals surface area contributed by atoms with Gasteiger partial charge in [0.1, 0.15) is 24.0 Å². The molecular weight excluding hydrogens is 262 g/mol. The first-order valence-corrected chi connectivity index (χ1v) is 7.02. The van der Waals surface area contributed by atoms with E-state index in [1.165, 1.54) is 11.3 Å².